The third kappa shape index (κ3) is 4.72. The highest BCUT2D eigenvalue weighted by atomic mass is 79.9. The van der Waals surface area contributed by atoms with Crippen LogP contribution in [0.5, 0.6) is 0 Å². The van der Waals surface area contributed by atoms with E-state index < -0.39 is 0 Å². The summed E-state index contributed by atoms with van der Waals surface area (Å²) in [6.07, 6.45) is 1.75. The van der Waals surface area contributed by atoms with E-state index in [4.69, 9.17) is 11.6 Å². The van der Waals surface area contributed by atoms with Crippen LogP contribution >= 0.6 is 27.5 Å². The van der Waals surface area contributed by atoms with Gasteiger partial charge in [0.05, 0.1) is 22.4 Å². The van der Waals surface area contributed by atoms with E-state index in [1.54, 1.807) is 16.9 Å². The monoisotopic (exact) mass is 501 g/mol. The average Bonchev–Trinajstić information content (AvgIpc) is 3.40. The van der Waals surface area contributed by atoms with Crippen molar-refractivity contribution in [3.63, 3.8) is 0 Å². The minimum atomic E-state index is -0.315. The fraction of sp³-hybridized carbons (Fsp3) is 0.238. The zero-order valence-corrected chi connectivity index (χ0v) is 19.6. The van der Waals surface area contributed by atoms with Gasteiger partial charge in [-0.05, 0) is 60.5 Å². The molecule has 0 saturated carbocycles. The number of benzene rings is 1. The quantitative estimate of drug-likeness (QED) is 0.423. The van der Waals surface area contributed by atoms with E-state index >= 15 is 0 Å². The number of rotatable bonds is 6. The summed E-state index contributed by atoms with van der Waals surface area (Å²) in [4.78, 5) is 12.6. The van der Waals surface area contributed by atoms with E-state index in [9.17, 15) is 4.79 Å². The average molecular weight is 503 g/mol. The predicted molar refractivity (Wildman–Crippen MR) is 122 cm³/mol. The van der Waals surface area contributed by atoms with E-state index in [0.29, 0.717) is 29.7 Å². The predicted octanol–water partition coefficient (Wildman–Crippen LogP) is 4.42. The number of amides is 1. The van der Waals surface area contributed by atoms with Crippen LogP contribution in [0.2, 0.25) is 5.02 Å². The molecular formula is C21H21BrClN7O. The van der Waals surface area contributed by atoms with Gasteiger partial charge >= 0.3 is 0 Å². The third-order valence-electron chi connectivity index (χ3n) is 4.91. The Morgan fingerprint density at radius 1 is 1.06 bits per heavy atom. The van der Waals surface area contributed by atoms with Gasteiger partial charge in [0.25, 0.3) is 5.91 Å². The Labute approximate surface area is 192 Å². The van der Waals surface area contributed by atoms with Gasteiger partial charge in [0.15, 0.2) is 11.5 Å². The number of aryl methyl sites for hydroxylation is 2. The maximum Gasteiger partial charge on any atom is 0.277 e. The number of aromatic nitrogens is 6. The molecule has 1 aromatic carbocycles. The Hall–Kier alpha value is -2.91. The number of hydrogen-bond donors (Lipinski definition) is 1. The Morgan fingerprint density at radius 2 is 1.81 bits per heavy atom. The fourth-order valence-corrected chi connectivity index (χ4v) is 3.60. The van der Waals surface area contributed by atoms with Gasteiger partial charge < -0.3 is 5.32 Å². The molecule has 31 heavy (non-hydrogen) atoms. The molecule has 3 aromatic heterocycles. The highest BCUT2D eigenvalue weighted by Crippen LogP contribution is 2.20. The third-order valence-corrected chi connectivity index (χ3v) is 6.31. The summed E-state index contributed by atoms with van der Waals surface area (Å²) in [6, 6.07) is 11.1. The molecule has 8 nitrogen and oxygen atoms in total. The molecule has 0 atom stereocenters. The lowest BCUT2D eigenvalue weighted by molar-refractivity contribution is 0.102. The number of nitrogens with zero attached hydrogens (tertiary/aromatic N) is 6. The van der Waals surface area contributed by atoms with Crippen molar-refractivity contribution in [3.05, 3.63) is 80.4 Å². The largest absolute Gasteiger partial charge is 0.304 e. The van der Waals surface area contributed by atoms with Gasteiger partial charge in [0, 0.05) is 23.0 Å². The van der Waals surface area contributed by atoms with Crippen LogP contribution in [-0.4, -0.2) is 35.2 Å². The molecule has 0 spiro atoms. The lowest BCUT2D eigenvalue weighted by Gasteiger charge is -2.05. The minimum absolute atomic E-state index is 0.311. The minimum Gasteiger partial charge on any atom is -0.304 e. The number of carbonyl (C=O) groups is 1. The van der Waals surface area contributed by atoms with Crippen molar-refractivity contribution in [2.45, 2.75) is 34.0 Å². The number of anilines is 1. The Balaban J connectivity index is 1.43. The molecule has 1 amide bonds. The molecule has 0 bridgehead atoms. The zero-order valence-electron chi connectivity index (χ0n) is 17.3. The molecule has 1 N–H and O–H groups in total. The van der Waals surface area contributed by atoms with Crippen LogP contribution in [0.15, 0.2) is 47.1 Å². The molecule has 4 rings (SSSR count). The summed E-state index contributed by atoms with van der Waals surface area (Å²) in [6.45, 7) is 6.86. The van der Waals surface area contributed by atoms with E-state index in [1.165, 1.54) is 0 Å². The van der Waals surface area contributed by atoms with Crippen molar-refractivity contribution in [2.24, 2.45) is 0 Å². The number of carbonyl (C=O) groups excluding carboxylic acids is 1. The molecule has 4 aromatic rings. The lowest BCUT2D eigenvalue weighted by Crippen LogP contribution is -2.16. The van der Waals surface area contributed by atoms with Crippen LogP contribution in [0.4, 0.5) is 5.82 Å². The van der Waals surface area contributed by atoms with Crippen molar-refractivity contribution in [1.29, 1.82) is 0 Å². The first-order valence-electron chi connectivity index (χ1n) is 9.63. The van der Waals surface area contributed by atoms with Crippen molar-refractivity contribution in [2.75, 3.05) is 5.32 Å². The van der Waals surface area contributed by atoms with Gasteiger partial charge in [0.1, 0.15) is 6.67 Å². The van der Waals surface area contributed by atoms with Crippen molar-refractivity contribution >= 4 is 39.3 Å². The van der Waals surface area contributed by atoms with E-state index in [0.717, 1.165) is 27.1 Å². The van der Waals surface area contributed by atoms with E-state index in [-0.39, 0.29) is 5.91 Å². The molecule has 0 unspecified atom stereocenters. The second-order valence-electron chi connectivity index (χ2n) is 7.28. The molecular weight excluding hydrogens is 482 g/mol. The van der Waals surface area contributed by atoms with Crippen molar-refractivity contribution in [1.82, 2.24) is 29.3 Å². The van der Waals surface area contributed by atoms with Crippen LogP contribution in [0.3, 0.4) is 0 Å². The second kappa shape index (κ2) is 8.68. The van der Waals surface area contributed by atoms with Gasteiger partial charge in [-0.15, -0.1) is 0 Å². The van der Waals surface area contributed by atoms with Crippen molar-refractivity contribution in [3.8, 4) is 0 Å². The topological polar surface area (TPSA) is 82.6 Å². The normalized spacial score (nSPS) is 11.1. The number of hydrogen-bond acceptors (Lipinski definition) is 4. The summed E-state index contributed by atoms with van der Waals surface area (Å²) >= 11 is 9.46. The SMILES string of the molecule is Cc1nn(Cn2ccc(C(=O)Nc3cc(C)n(Cc4ccc(Cl)cc4)n3)n2)c(C)c1Br. The summed E-state index contributed by atoms with van der Waals surface area (Å²) in [5.74, 6) is 0.165. The molecule has 0 aliphatic carbocycles. The van der Waals surface area contributed by atoms with Crippen LogP contribution in [-0.2, 0) is 13.2 Å². The van der Waals surface area contributed by atoms with Crippen LogP contribution in [0, 0.1) is 20.8 Å². The van der Waals surface area contributed by atoms with Crippen LogP contribution in [0.1, 0.15) is 33.1 Å². The molecule has 10 heteroatoms. The van der Waals surface area contributed by atoms with E-state index in [2.05, 4.69) is 36.5 Å². The highest BCUT2D eigenvalue weighted by molar-refractivity contribution is 9.10. The summed E-state index contributed by atoms with van der Waals surface area (Å²) in [5.41, 5.74) is 4.23. The summed E-state index contributed by atoms with van der Waals surface area (Å²) in [5, 5.41) is 16.8. The van der Waals surface area contributed by atoms with Gasteiger partial charge in [-0.25, -0.2) is 4.68 Å². The first-order valence-corrected chi connectivity index (χ1v) is 10.8. The molecule has 3 heterocycles. The number of halogens is 2. The lowest BCUT2D eigenvalue weighted by atomic mass is 10.2. The van der Waals surface area contributed by atoms with Crippen LogP contribution < -0.4 is 5.32 Å². The van der Waals surface area contributed by atoms with Crippen LogP contribution in [0.25, 0.3) is 0 Å². The first kappa shape index (κ1) is 21.3. The van der Waals surface area contributed by atoms with Crippen molar-refractivity contribution < 1.29 is 4.79 Å². The maximum atomic E-state index is 12.6. The molecule has 160 valence electrons. The highest BCUT2D eigenvalue weighted by Gasteiger charge is 2.14. The smallest absolute Gasteiger partial charge is 0.277 e. The maximum absolute atomic E-state index is 12.6. The molecule has 0 aliphatic rings. The summed E-state index contributed by atoms with van der Waals surface area (Å²) in [7, 11) is 0. The standard InChI is InChI=1S/C21H21BrClN7O/c1-13-10-19(27-29(13)11-16-4-6-17(23)7-5-16)24-21(31)18-8-9-28(26-18)12-30-15(3)20(22)14(2)25-30/h4-10H,11-12H2,1-3H3,(H,24,27,31). The van der Waals surface area contributed by atoms with Gasteiger partial charge in [-0.1, -0.05) is 23.7 Å². The molecule has 0 saturated heterocycles. The first-order chi connectivity index (χ1) is 14.8. The zero-order chi connectivity index (χ0) is 22.1. The Kier molecular flexibility index (Phi) is 5.97. The van der Waals surface area contributed by atoms with E-state index in [1.807, 2.05) is 60.5 Å². The molecule has 0 radical (unpaired) electrons. The number of nitrogens with one attached hydrogen (secondary N) is 1. The fourth-order valence-electron chi connectivity index (χ4n) is 3.19. The Bertz CT molecular complexity index is 1240. The van der Waals surface area contributed by atoms with Gasteiger partial charge in [-0.2, -0.15) is 15.3 Å². The Morgan fingerprint density at radius 3 is 2.48 bits per heavy atom. The van der Waals surface area contributed by atoms with Gasteiger partial charge in [-0.3, -0.25) is 14.2 Å². The molecule has 0 aliphatic heterocycles. The summed E-state index contributed by atoms with van der Waals surface area (Å²) < 4.78 is 6.31. The van der Waals surface area contributed by atoms with Gasteiger partial charge in [0.2, 0.25) is 0 Å². The molecule has 0 fully saturated rings. The second-order valence-corrected chi connectivity index (χ2v) is 8.50.